The zero-order valence-electron chi connectivity index (χ0n) is 4.93. The summed E-state index contributed by atoms with van der Waals surface area (Å²) in [5.74, 6) is 0. The smallest absolute Gasteiger partial charge is 0.397 e. The van der Waals surface area contributed by atoms with Crippen molar-refractivity contribution >= 4 is 27.3 Å². The first kappa shape index (κ1) is 6.83. The molecule has 0 aromatic carbocycles. The third-order valence-corrected chi connectivity index (χ3v) is 1.89. The van der Waals surface area contributed by atoms with Crippen LogP contribution >= 0.6 is 22.4 Å². The van der Waals surface area contributed by atoms with Gasteiger partial charge in [-0.25, -0.2) is 0 Å². The molecule has 0 spiro atoms. The van der Waals surface area contributed by atoms with Crippen LogP contribution in [-0.2, 0) is 9.31 Å². The van der Waals surface area contributed by atoms with Crippen molar-refractivity contribution in [1.82, 2.24) is 0 Å². The zero-order chi connectivity index (χ0) is 6.15. The monoisotopic (exact) mass is 226 g/mol. The van der Waals surface area contributed by atoms with E-state index < -0.39 is 0 Å². The lowest BCUT2D eigenvalue weighted by Crippen LogP contribution is -2.13. The standard InChI is InChI=1S/C4H8BIO2/c1-3-4(2)8-5(6)7-3/h3-4H,1-2H3. The molecule has 46 valence electrons. The van der Waals surface area contributed by atoms with Crippen LogP contribution in [0.15, 0.2) is 0 Å². The van der Waals surface area contributed by atoms with Gasteiger partial charge in [0.15, 0.2) is 0 Å². The number of rotatable bonds is 0. The highest BCUT2D eigenvalue weighted by Crippen LogP contribution is 2.18. The summed E-state index contributed by atoms with van der Waals surface area (Å²) >= 11 is 2.12. The second-order valence-electron chi connectivity index (χ2n) is 1.96. The normalized spacial score (nSPS) is 38.6. The van der Waals surface area contributed by atoms with Gasteiger partial charge in [-0.05, 0) is 13.8 Å². The largest absolute Gasteiger partial charge is 0.532 e. The van der Waals surface area contributed by atoms with Gasteiger partial charge in [-0.1, -0.05) is 22.4 Å². The summed E-state index contributed by atoms with van der Waals surface area (Å²) in [6.07, 6.45) is 0.522. The average Bonchev–Trinajstić information content (AvgIpc) is 1.85. The Morgan fingerprint density at radius 2 is 1.62 bits per heavy atom. The van der Waals surface area contributed by atoms with E-state index in [2.05, 4.69) is 22.4 Å². The first-order valence-electron chi connectivity index (χ1n) is 2.65. The Labute approximate surface area is 62.9 Å². The summed E-state index contributed by atoms with van der Waals surface area (Å²) in [6.45, 7) is 4.03. The minimum atomic E-state index is -0.0300. The van der Waals surface area contributed by atoms with Gasteiger partial charge in [0, 0.05) is 0 Å². The highest BCUT2D eigenvalue weighted by molar-refractivity contribution is 14.1. The van der Waals surface area contributed by atoms with Crippen LogP contribution in [-0.4, -0.2) is 17.2 Å². The maximum atomic E-state index is 5.24. The second-order valence-corrected chi connectivity index (χ2v) is 2.97. The topological polar surface area (TPSA) is 18.5 Å². The number of hydrogen-bond donors (Lipinski definition) is 0. The molecular weight excluding hydrogens is 218 g/mol. The van der Waals surface area contributed by atoms with Crippen molar-refractivity contribution in [1.29, 1.82) is 0 Å². The van der Waals surface area contributed by atoms with Gasteiger partial charge >= 0.3 is 4.97 Å². The Morgan fingerprint density at radius 3 is 1.75 bits per heavy atom. The van der Waals surface area contributed by atoms with E-state index >= 15 is 0 Å². The molecule has 4 heteroatoms. The number of hydrogen-bond acceptors (Lipinski definition) is 2. The van der Waals surface area contributed by atoms with Crippen molar-refractivity contribution in [3.05, 3.63) is 0 Å². The molecule has 0 aromatic rings. The maximum Gasteiger partial charge on any atom is 0.532 e. The first-order chi connectivity index (χ1) is 3.70. The molecule has 1 rings (SSSR count). The van der Waals surface area contributed by atoms with E-state index in [9.17, 15) is 0 Å². The van der Waals surface area contributed by atoms with Gasteiger partial charge in [-0.2, -0.15) is 0 Å². The van der Waals surface area contributed by atoms with Gasteiger partial charge in [-0.3, -0.25) is 0 Å². The fraction of sp³-hybridized carbons (Fsp3) is 1.00. The van der Waals surface area contributed by atoms with E-state index in [1.165, 1.54) is 0 Å². The predicted molar refractivity (Wildman–Crippen MR) is 40.9 cm³/mol. The molecular formula is C4H8BIO2. The minimum Gasteiger partial charge on any atom is -0.397 e. The molecule has 0 saturated carbocycles. The van der Waals surface area contributed by atoms with E-state index in [0.717, 1.165) is 0 Å². The molecule has 1 saturated heterocycles. The summed E-state index contributed by atoms with van der Waals surface area (Å²) < 4.78 is 10.5. The summed E-state index contributed by atoms with van der Waals surface area (Å²) in [5.41, 5.74) is 0. The predicted octanol–water partition coefficient (Wildman–Crippen LogP) is 1.23. The highest BCUT2D eigenvalue weighted by atomic mass is 127. The van der Waals surface area contributed by atoms with Crippen LogP contribution < -0.4 is 0 Å². The highest BCUT2D eigenvalue weighted by Gasteiger charge is 2.31. The second kappa shape index (κ2) is 2.53. The zero-order valence-corrected chi connectivity index (χ0v) is 7.08. The van der Waals surface area contributed by atoms with Crippen LogP contribution in [0.1, 0.15) is 13.8 Å². The van der Waals surface area contributed by atoms with Crippen LogP contribution in [0.2, 0.25) is 0 Å². The van der Waals surface area contributed by atoms with Crippen molar-refractivity contribution in [2.75, 3.05) is 0 Å². The van der Waals surface area contributed by atoms with Crippen molar-refractivity contribution in [2.45, 2.75) is 26.1 Å². The molecule has 0 amide bonds. The van der Waals surface area contributed by atoms with E-state index in [1.807, 2.05) is 13.8 Å². The van der Waals surface area contributed by atoms with E-state index in [4.69, 9.17) is 9.31 Å². The molecule has 1 aliphatic rings. The number of halogens is 1. The SMILES string of the molecule is CC1OB(I)OC1C. The van der Waals surface area contributed by atoms with Gasteiger partial charge < -0.3 is 9.31 Å². The average molecular weight is 226 g/mol. The molecule has 0 bridgehead atoms. The quantitative estimate of drug-likeness (QED) is 0.456. The molecule has 1 aliphatic heterocycles. The molecule has 2 nitrogen and oxygen atoms in total. The fourth-order valence-electron chi connectivity index (χ4n) is 0.591. The lowest BCUT2D eigenvalue weighted by molar-refractivity contribution is 0.187. The van der Waals surface area contributed by atoms with Gasteiger partial charge in [0.1, 0.15) is 0 Å². The van der Waals surface area contributed by atoms with Gasteiger partial charge in [-0.15, -0.1) is 0 Å². The van der Waals surface area contributed by atoms with Crippen molar-refractivity contribution < 1.29 is 9.31 Å². The van der Waals surface area contributed by atoms with Crippen LogP contribution in [0.4, 0.5) is 0 Å². The minimum absolute atomic E-state index is 0.0300. The summed E-state index contributed by atoms with van der Waals surface area (Å²) in [5, 5.41) is 0. The van der Waals surface area contributed by atoms with Crippen molar-refractivity contribution in [3.63, 3.8) is 0 Å². The fourth-order valence-corrected chi connectivity index (χ4v) is 1.52. The maximum absolute atomic E-state index is 5.24. The molecule has 2 unspecified atom stereocenters. The lowest BCUT2D eigenvalue weighted by atomic mass is 10.3. The van der Waals surface area contributed by atoms with Crippen LogP contribution in [0, 0.1) is 0 Å². The molecule has 2 atom stereocenters. The van der Waals surface area contributed by atoms with Crippen LogP contribution in [0.3, 0.4) is 0 Å². The summed E-state index contributed by atoms with van der Waals surface area (Å²) in [7, 11) is 0. The molecule has 8 heavy (non-hydrogen) atoms. The van der Waals surface area contributed by atoms with Crippen LogP contribution in [0.25, 0.3) is 0 Å². The van der Waals surface area contributed by atoms with E-state index in [-0.39, 0.29) is 17.2 Å². The van der Waals surface area contributed by atoms with E-state index in [1.54, 1.807) is 0 Å². The summed E-state index contributed by atoms with van der Waals surface area (Å²) in [6, 6.07) is 0. The molecule has 0 aliphatic carbocycles. The molecule has 0 radical (unpaired) electrons. The van der Waals surface area contributed by atoms with Gasteiger partial charge in [0.05, 0.1) is 12.2 Å². The lowest BCUT2D eigenvalue weighted by Gasteiger charge is -2.04. The summed E-state index contributed by atoms with van der Waals surface area (Å²) in [4.78, 5) is -0.0300. The molecule has 0 N–H and O–H groups in total. The molecule has 1 fully saturated rings. The van der Waals surface area contributed by atoms with Crippen LogP contribution in [0.5, 0.6) is 0 Å². The third-order valence-electron chi connectivity index (χ3n) is 1.30. The Hall–Kier alpha value is 0.715. The Balaban J connectivity index is 2.39. The van der Waals surface area contributed by atoms with E-state index in [0.29, 0.717) is 0 Å². The molecule has 1 heterocycles. The Bertz CT molecular complexity index is 80.1. The van der Waals surface area contributed by atoms with Crippen molar-refractivity contribution in [2.24, 2.45) is 0 Å². The van der Waals surface area contributed by atoms with Gasteiger partial charge in [0.2, 0.25) is 0 Å². The Kier molecular flexibility index (Phi) is 2.16. The van der Waals surface area contributed by atoms with Crippen molar-refractivity contribution in [3.8, 4) is 0 Å². The molecule has 0 aromatic heterocycles. The first-order valence-corrected chi connectivity index (χ1v) is 3.89. The third kappa shape index (κ3) is 1.36. The van der Waals surface area contributed by atoms with Gasteiger partial charge in [0.25, 0.3) is 0 Å². The Morgan fingerprint density at radius 1 is 1.25 bits per heavy atom.